The number of nitro benzene ring substituents is 1. The first-order valence-corrected chi connectivity index (χ1v) is 7.29. The van der Waals surface area contributed by atoms with Gasteiger partial charge in [-0.15, -0.1) is 0 Å². The number of nitrogens with one attached hydrogen (secondary N) is 1. The SMILES string of the molecule is CC(=NOC(=O)Nc1ccccc1)c1cc2cc([N+](=O)[O-])ccc2o1. The number of nitrogens with zero attached hydrogens (tertiary/aromatic N) is 2. The molecular weight excluding hydrogens is 326 g/mol. The van der Waals surface area contributed by atoms with Crippen LogP contribution in [-0.4, -0.2) is 16.7 Å². The molecule has 0 aliphatic rings. The molecule has 3 aromatic rings. The van der Waals surface area contributed by atoms with Gasteiger partial charge >= 0.3 is 6.09 Å². The Morgan fingerprint density at radius 1 is 1.20 bits per heavy atom. The molecule has 0 saturated carbocycles. The van der Waals surface area contributed by atoms with Crippen LogP contribution >= 0.6 is 0 Å². The molecule has 0 atom stereocenters. The molecule has 1 N–H and O–H groups in total. The predicted octanol–water partition coefficient (Wildman–Crippen LogP) is 4.31. The van der Waals surface area contributed by atoms with Gasteiger partial charge in [0.25, 0.3) is 5.69 Å². The Balaban J connectivity index is 1.72. The van der Waals surface area contributed by atoms with Crippen LogP contribution in [0.5, 0.6) is 0 Å². The van der Waals surface area contributed by atoms with Crippen molar-refractivity contribution < 1.29 is 19.0 Å². The second-order valence-corrected chi connectivity index (χ2v) is 5.14. The number of hydrogen-bond acceptors (Lipinski definition) is 6. The highest BCUT2D eigenvalue weighted by Gasteiger charge is 2.12. The van der Waals surface area contributed by atoms with Gasteiger partial charge in [0, 0.05) is 23.2 Å². The molecule has 8 heteroatoms. The number of para-hydroxylation sites is 1. The number of rotatable bonds is 4. The zero-order valence-corrected chi connectivity index (χ0v) is 13.1. The zero-order chi connectivity index (χ0) is 17.8. The summed E-state index contributed by atoms with van der Waals surface area (Å²) in [7, 11) is 0. The van der Waals surface area contributed by atoms with Gasteiger partial charge in [-0.05, 0) is 31.2 Å². The zero-order valence-electron chi connectivity index (χ0n) is 13.1. The predicted molar refractivity (Wildman–Crippen MR) is 91.6 cm³/mol. The molecule has 8 nitrogen and oxygen atoms in total. The number of oxime groups is 1. The molecule has 0 bridgehead atoms. The second kappa shape index (κ2) is 6.83. The number of hydrogen-bond donors (Lipinski definition) is 1. The normalized spacial score (nSPS) is 11.3. The lowest BCUT2D eigenvalue weighted by molar-refractivity contribution is -0.384. The Kier molecular flexibility index (Phi) is 4.42. The highest BCUT2D eigenvalue weighted by Crippen LogP contribution is 2.24. The number of anilines is 1. The van der Waals surface area contributed by atoms with Gasteiger partial charge in [-0.1, -0.05) is 23.4 Å². The van der Waals surface area contributed by atoms with Crippen LogP contribution in [0.25, 0.3) is 11.0 Å². The summed E-state index contributed by atoms with van der Waals surface area (Å²) in [6, 6.07) is 14.7. The van der Waals surface area contributed by atoms with E-state index in [0.717, 1.165) is 0 Å². The minimum atomic E-state index is -0.739. The number of carbonyl (C=O) groups is 1. The van der Waals surface area contributed by atoms with Crippen LogP contribution in [0.3, 0.4) is 0 Å². The fourth-order valence-electron chi connectivity index (χ4n) is 2.14. The third-order valence-corrected chi connectivity index (χ3v) is 3.35. The molecule has 0 fully saturated rings. The summed E-state index contributed by atoms with van der Waals surface area (Å²) in [5.74, 6) is 0.350. The minimum Gasteiger partial charge on any atom is -0.455 e. The average Bonchev–Trinajstić information content (AvgIpc) is 3.03. The molecule has 0 saturated heterocycles. The standard InChI is InChI=1S/C17H13N3O5/c1-11(19-25-17(21)18-13-5-3-2-4-6-13)16-10-12-9-14(20(22)23)7-8-15(12)24-16/h2-10H,1H3,(H,18,21). The fourth-order valence-corrected chi connectivity index (χ4v) is 2.14. The van der Waals surface area contributed by atoms with Crippen LogP contribution in [0.4, 0.5) is 16.2 Å². The van der Waals surface area contributed by atoms with Crippen LogP contribution in [0.1, 0.15) is 12.7 Å². The van der Waals surface area contributed by atoms with Crippen LogP contribution in [0, 0.1) is 10.1 Å². The Labute approximate surface area is 141 Å². The van der Waals surface area contributed by atoms with Crippen molar-refractivity contribution in [3.05, 3.63) is 70.5 Å². The number of nitro groups is 1. The van der Waals surface area contributed by atoms with E-state index in [1.807, 2.05) is 6.07 Å². The van der Waals surface area contributed by atoms with Crippen molar-refractivity contribution in [3.8, 4) is 0 Å². The summed E-state index contributed by atoms with van der Waals surface area (Å²) in [5.41, 5.74) is 1.34. The highest BCUT2D eigenvalue weighted by atomic mass is 16.7. The van der Waals surface area contributed by atoms with Crippen LogP contribution < -0.4 is 5.32 Å². The number of amides is 1. The largest absolute Gasteiger partial charge is 0.455 e. The van der Waals surface area contributed by atoms with E-state index in [-0.39, 0.29) is 5.69 Å². The van der Waals surface area contributed by atoms with Gasteiger partial charge in [0.2, 0.25) is 0 Å². The van der Waals surface area contributed by atoms with Crippen LogP contribution in [0.2, 0.25) is 0 Å². The van der Waals surface area contributed by atoms with E-state index in [9.17, 15) is 14.9 Å². The van der Waals surface area contributed by atoms with Gasteiger partial charge in [0.05, 0.1) is 4.92 Å². The van der Waals surface area contributed by atoms with Gasteiger partial charge in [0.15, 0.2) is 5.76 Å². The lowest BCUT2D eigenvalue weighted by atomic mass is 10.2. The summed E-state index contributed by atoms with van der Waals surface area (Å²) in [4.78, 5) is 26.8. The fraction of sp³-hybridized carbons (Fsp3) is 0.0588. The smallest absolute Gasteiger partial charge is 0.437 e. The molecule has 0 aliphatic heterocycles. The van der Waals surface area contributed by atoms with E-state index in [0.29, 0.717) is 28.1 Å². The minimum absolute atomic E-state index is 0.0343. The van der Waals surface area contributed by atoms with E-state index in [1.165, 1.54) is 18.2 Å². The van der Waals surface area contributed by atoms with Gasteiger partial charge in [0.1, 0.15) is 11.3 Å². The topological polar surface area (TPSA) is 107 Å². The number of furan rings is 1. The molecule has 3 rings (SSSR count). The van der Waals surface area contributed by atoms with Gasteiger partial charge < -0.3 is 4.42 Å². The Hall–Kier alpha value is -3.68. The Morgan fingerprint density at radius 2 is 1.96 bits per heavy atom. The number of carbonyl (C=O) groups excluding carboxylic acids is 1. The molecule has 0 unspecified atom stereocenters. The van der Waals surface area contributed by atoms with E-state index in [1.54, 1.807) is 37.3 Å². The average molecular weight is 339 g/mol. The molecule has 0 spiro atoms. The maximum atomic E-state index is 11.7. The lowest BCUT2D eigenvalue weighted by Gasteiger charge is -2.02. The maximum Gasteiger partial charge on any atom is 0.437 e. The summed E-state index contributed by atoms with van der Waals surface area (Å²) in [6.45, 7) is 1.60. The molecule has 126 valence electrons. The van der Waals surface area contributed by atoms with Crippen molar-refractivity contribution in [2.45, 2.75) is 6.92 Å². The van der Waals surface area contributed by atoms with Crippen LogP contribution in [0.15, 0.2) is 64.2 Å². The summed E-state index contributed by atoms with van der Waals surface area (Å²) >= 11 is 0. The number of benzene rings is 2. The monoisotopic (exact) mass is 339 g/mol. The van der Waals surface area contributed by atoms with Crippen molar-refractivity contribution in [2.75, 3.05) is 5.32 Å². The van der Waals surface area contributed by atoms with Crippen molar-refractivity contribution in [3.63, 3.8) is 0 Å². The first-order chi connectivity index (χ1) is 12.0. The second-order valence-electron chi connectivity index (χ2n) is 5.14. The number of non-ortho nitro benzene ring substituents is 1. The van der Waals surface area contributed by atoms with E-state index >= 15 is 0 Å². The van der Waals surface area contributed by atoms with Gasteiger partial charge in [-0.25, -0.2) is 4.79 Å². The molecule has 1 heterocycles. The molecule has 1 aromatic heterocycles. The molecule has 2 aromatic carbocycles. The van der Waals surface area contributed by atoms with Crippen LogP contribution in [-0.2, 0) is 4.84 Å². The molecule has 1 amide bonds. The lowest BCUT2D eigenvalue weighted by Crippen LogP contribution is -2.11. The first-order valence-electron chi connectivity index (χ1n) is 7.29. The molecule has 0 radical (unpaired) electrons. The Bertz CT molecular complexity index is 963. The van der Waals surface area contributed by atoms with E-state index in [4.69, 9.17) is 9.25 Å². The summed E-state index contributed by atoms with van der Waals surface area (Å²) < 4.78 is 5.55. The Morgan fingerprint density at radius 3 is 2.68 bits per heavy atom. The van der Waals surface area contributed by atoms with Crippen molar-refractivity contribution >= 4 is 34.1 Å². The van der Waals surface area contributed by atoms with E-state index in [2.05, 4.69) is 10.5 Å². The quantitative estimate of drug-likeness (QED) is 0.330. The number of fused-ring (bicyclic) bond motifs is 1. The highest BCUT2D eigenvalue weighted by molar-refractivity contribution is 6.00. The first kappa shape index (κ1) is 16.2. The summed E-state index contributed by atoms with van der Waals surface area (Å²) in [6.07, 6.45) is -0.739. The van der Waals surface area contributed by atoms with Crippen molar-refractivity contribution in [1.29, 1.82) is 0 Å². The maximum absolute atomic E-state index is 11.7. The third-order valence-electron chi connectivity index (χ3n) is 3.35. The third kappa shape index (κ3) is 3.81. The molecule has 0 aliphatic carbocycles. The molecular formula is C17H13N3O5. The van der Waals surface area contributed by atoms with Gasteiger partial charge in [-0.2, -0.15) is 0 Å². The molecule has 25 heavy (non-hydrogen) atoms. The van der Waals surface area contributed by atoms with Crippen molar-refractivity contribution in [2.24, 2.45) is 5.16 Å². The van der Waals surface area contributed by atoms with Crippen molar-refractivity contribution in [1.82, 2.24) is 0 Å². The van der Waals surface area contributed by atoms with Gasteiger partial charge in [-0.3, -0.25) is 20.3 Å². The van der Waals surface area contributed by atoms with E-state index < -0.39 is 11.0 Å². The summed E-state index contributed by atoms with van der Waals surface area (Å²) in [5, 5.41) is 17.6.